The van der Waals surface area contributed by atoms with E-state index in [4.69, 9.17) is 11.6 Å². The molecule has 0 aliphatic heterocycles. The van der Waals surface area contributed by atoms with Crippen LogP contribution >= 0.6 is 22.9 Å². The summed E-state index contributed by atoms with van der Waals surface area (Å²) < 4.78 is 28.6. The van der Waals surface area contributed by atoms with Gasteiger partial charge in [0.25, 0.3) is 15.9 Å². The minimum atomic E-state index is -4.03. The van der Waals surface area contributed by atoms with Gasteiger partial charge in [-0.25, -0.2) is 8.42 Å². The van der Waals surface area contributed by atoms with Crippen molar-refractivity contribution in [1.29, 1.82) is 0 Å². The number of benzene rings is 3. The number of halogens is 1. The summed E-state index contributed by atoms with van der Waals surface area (Å²) >= 11 is 7.39. The van der Waals surface area contributed by atoms with Gasteiger partial charge >= 0.3 is 0 Å². The molecular weight excluding hydrogens is 480 g/mol. The maximum absolute atomic E-state index is 13.0. The Kier molecular flexibility index (Phi) is 6.46. The maximum Gasteiger partial charge on any atom is 0.263 e. The molecule has 0 saturated carbocycles. The normalized spacial score (nSPS) is 11.2. The van der Waals surface area contributed by atoms with Crippen molar-refractivity contribution in [2.45, 2.75) is 18.7 Å². The lowest BCUT2D eigenvalue weighted by molar-refractivity contribution is 0.102. The van der Waals surface area contributed by atoms with Gasteiger partial charge in [0.1, 0.15) is 9.90 Å². The number of carbonyl (C=O) groups excluding carboxylic acids is 1. The molecule has 0 aliphatic rings. The van der Waals surface area contributed by atoms with Crippen molar-refractivity contribution >= 4 is 49.7 Å². The summed E-state index contributed by atoms with van der Waals surface area (Å²) in [6, 6.07) is 18.9. The van der Waals surface area contributed by atoms with Crippen LogP contribution in [0.4, 0.5) is 10.8 Å². The van der Waals surface area contributed by atoms with Crippen molar-refractivity contribution in [3.63, 3.8) is 0 Å². The minimum absolute atomic E-state index is 0.00564. The summed E-state index contributed by atoms with van der Waals surface area (Å²) in [4.78, 5) is 12.6. The van der Waals surface area contributed by atoms with Crippen LogP contribution < -0.4 is 10.0 Å². The molecule has 0 spiro atoms. The number of nitrogens with one attached hydrogen (secondary N) is 2. The molecule has 1 amide bonds. The van der Waals surface area contributed by atoms with Crippen LogP contribution in [0.2, 0.25) is 5.02 Å². The average Bonchev–Trinajstić information content (AvgIpc) is 3.25. The van der Waals surface area contributed by atoms with Crippen LogP contribution in [0.15, 0.2) is 71.6 Å². The molecule has 0 radical (unpaired) electrons. The van der Waals surface area contributed by atoms with E-state index in [1.54, 1.807) is 6.07 Å². The minimum Gasteiger partial charge on any atom is -0.296 e. The third kappa shape index (κ3) is 5.22. The second-order valence-electron chi connectivity index (χ2n) is 7.30. The molecule has 7 nitrogen and oxygen atoms in total. The Hall–Kier alpha value is -3.27. The molecule has 0 saturated heterocycles. The van der Waals surface area contributed by atoms with Crippen LogP contribution in [0.5, 0.6) is 0 Å². The first-order chi connectivity index (χ1) is 15.7. The zero-order chi connectivity index (χ0) is 23.6. The molecule has 4 rings (SSSR count). The lowest BCUT2D eigenvalue weighted by atomic mass is 10.1. The Morgan fingerprint density at radius 3 is 2.45 bits per heavy atom. The third-order valence-electron chi connectivity index (χ3n) is 4.78. The van der Waals surface area contributed by atoms with E-state index in [0.29, 0.717) is 15.8 Å². The molecule has 4 aromatic rings. The van der Waals surface area contributed by atoms with E-state index in [2.05, 4.69) is 20.2 Å². The molecule has 168 valence electrons. The van der Waals surface area contributed by atoms with Crippen molar-refractivity contribution in [3.05, 3.63) is 88.4 Å². The van der Waals surface area contributed by atoms with Crippen LogP contribution in [-0.2, 0) is 10.0 Å². The SMILES string of the molecule is Cc1ccc(NS(=O)(=O)c2cc(C(=O)Nc3nnc(-c4ccccc4)s3)ccc2Cl)c(C)c1. The van der Waals surface area contributed by atoms with Crippen LogP contribution in [-0.4, -0.2) is 24.5 Å². The zero-order valence-electron chi connectivity index (χ0n) is 17.7. The van der Waals surface area contributed by atoms with Crippen LogP contribution in [0.25, 0.3) is 10.6 Å². The van der Waals surface area contributed by atoms with E-state index < -0.39 is 15.9 Å². The van der Waals surface area contributed by atoms with E-state index in [-0.39, 0.29) is 15.5 Å². The predicted octanol–water partition coefficient (Wildman–Crippen LogP) is 5.53. The van der Waals surface area contributed by atoms with Crippen LogP contribution in [0, 0.1) is 13.8 Å². The molecule has 0 fully saturated rings. The number of aromatic nitrogens is 2. The molecule has 1 heterocycles. The van der Waals surface area contributed by atoms with Gasteiger partial charge in [0, 0.05) is 11.1 Å². The van der Waals surface area contributed by atoms with Crippen molar-refractivity contribution in [1.82, 2.24) is 10.2 Å². The fourth-order valence-corrected chi connectivity index (χ4v) is 5.52. The second-order valence-corrected chi connectivity index (χ2v) is 10.3. The first-order valence-corrected chi connectivity index (χ1v) is 12.5. The molecule has 33 heavy (non-hydrogen) atoms. The van der Waals surface area contributed by atoms with E-state index in [9.17, 15) is 13.2 Å². The summed E-state index contributed by atoms with van der Waals surface area (Å²) in [5.41, 5.74) is 3.23. The molecule has 0 aliphatic carbocycles. The zero-order valence-corrected chi connectivity index (χ0v) is 20.1. The predicted molar refractivity (Wildman–Crippen MR) is 131 cm³/mol. The van der Waals surface area contributed by atoms with E-state index in [0.717, 1.165) is 16.7 Å². The number of hydrogen-bond donors (Lipinski definition) is 2. The van der Waals surface area contributed by atoms with Gasteiger partial charge < -0.3 is 0 Å². The topological polar surface area (TPSA) is 101 Å². The van der Waals surface area contributed by atoms with Crippen LogP contribution in [0.3, 0.4) is 0 Å². The summed E-state index contributed by atoms with van der Waals surface area (Å²) in [5.74, 6) is -0.523. The summed E-state index contributed by atoms with van der Waals surface area (Å²) in [6.45, 7) is 3.73. The Balaban J connectivity index is 1.56. The van der Waals surface area contributed by atoms with E-state index in [1.807, 2.05) is 56.3 Å². The number of sulfonamides is 1. The lowest BCUT2D eigenvalue weighted by Crippen LogP contribution is -2.17. The standard InChI is InChI=1S/C23H19ClN4O3S2/c1-14-8-11-19(15(2)12-14)28-33(30,31)20-13-17(9-10-18(20)24)21(29)25-23-27-26-22(32-23)16-6-4-3-5-7-16/h3-13,28H,1-2H3,(H,25,27,29). The first kappa shape index (κ1) is 22.9. The molecular formula is C23H19ClN4O3S2. The number of aryl methyl sites for hydroxylation is 2. The van der Waals surface area contributed by atoms with Gasteiger partial charge in [0.15, 0.2) is 0 Å². The van der Waals surface area contributed by atoms with Gasteiger partial charge in [-0.2, -0.15) is 0 Å². The molecule has 2 N–H and O–H groups in total. The Bertz CT molecular complexity index is 1440. The highest BCUT2D eigenvalue weighted by Gasteiger charge is 2.22. The quantitative estimate of drug-likeness (QED) is 0.364. The molecule has 0 atom stereocenters. The highest BCUT2D eigenvalue weighted by Crippen LogP contribution is 2.29. The molecule has 10 heteroatoms. The number of hydrogen-bond acceptors (Lipinski definition) is 6. The summed E-state index contributed by atoms with van der Waals surface area (Å²) in [6.07, 6.45) is 0. The average molecular weight is 499 g/mol. The van der Waals surface area contributed by atoms with Crippen molar-refractivity contribution in [2.75, 3.05) is 10.0 Å². The number of rotatable bonds is 6. The smallest absolute Gasteiger partial charge is 0.263 e. The fraction of sp³-hybridized carbons (Fsp3) is 0.0870. The third-order valence-corrected chi connectivity index (χ3v) is 7.51. The first-order valence-electron chi connectivity index (χ1n) is 9.83. The molecule has 3 aromatic carbocycles. The van der Waals surface area contributed by atoms with Crippen molar-refractivity contribution in [2.24, 2.45) is 0 Å². The summed E-state index contributed by atoms with van der Waals surface area (Å²) in [7, 11) is -4.03. The fourth-order valence-electron chi connectivity index (χ4n) is 3.12. The van der Waals surface area contributed by atoms with E-state index >= 15 is 0 Å². The summed E-state index contributed by atoms with van der Waals surface area (Å²) in [5, 5.41) is 11.7. The number of anilines is 2. The Morgan fingerprint density at radius 2 is 1.73 bits per heavy atom. The van der Waals surface area contributed by atoms with Gasteiger partial charge in [-0.05, 0) is 43.7 Å². The number of nitrogens with zero attached hydrogens (tertiary/aromatic N) is 2. The molecule has 1 aromatic heterocycles. The number of amides is 1. The maximum atomic E-state index is 13.0. The van der Waals surface area contributed by atoms with E-state index in [1.165, 1.54) is 29.5 Å². The molecule has 0 unspecified atom stereocenters. The highest BCUT2D eigenvalue weighted by molar-refractivity contribution is 7.92. The Labute approximate surface area is 200 Å². The van der Waals surface area contributed by atoms with Gasteiger partial charge in [0.05, 0.1) is 10.7 Å². The number of carbonyl (C=O) groups is 1. The van der Waals surface area contributed by atoms with Crippen LogP contribution in [0.1, 0.15) is 21.5 Å². The van der Waals surface area contributed by atoms with Crippen molar-refractivity contribution in [3.8, 4) is 10.6 Å². The second kappa shape index (κ2) is 9.30. The Morgan fingerprint density at radius 1 is 0.970 bits per heavy atom. The van der Waals surface area contributed by atoms with Gasteiger partial charge in [-0.3, -0.25) is 14.8 Å². The van der Waals surface area contributed by atoms with Crippen molar-refractivity contribution < 1.29 is 13.2 Å². The van der Waals surface area contributed by atoms with Gasteiger partial charge in [0.2, 0.25) is 5.13 Å². The lowest BCUT2D eigenvalue weighted by Gasteiger charge is -2.13. The monoisotopic (exact) mass is 498 g/mol. The van der Waals surface area contributed by atoms with Gasteiger partial charge in [-0.1, -0.05) is 71.0 Å². The highest BCUT2D eigenvalue weighted by atomic mass is 35.5. The van der Waals surface area contributed by atoms with Gasteiger partial charge in [-0.15, -0.1) is 10.2 Å². The largest absolute Gasteiger partial charge is 0.296 e. The molecule has 0 bridgehead atoms.